The van der Waals surface area contributed by atoms with Crippen molar-refractivity contribution in [2.75, 3.05) is 0 Å². The molecule has 0 fully saturated rings. The molecule has 0 aromatic carbocycles. The molecular weight excluding hydrogens is 364 g/mol. The molecule has 4 aromatic heterocycles. The Morgan fingerprint density at radius 1 is 1.26 bits per heavy atom. The zero-order chi connectivity index (χ0) is 19.0. The number of rotatable bonds is 6. The Bertz CT molecular complexity index is 1230. The average molecular weight is 384 g/mol. The number of fused-ring (bicyclic) bond motifs is 2. The van der Waals surface area contributed by atoms with Gasteiger partial charge in [-0.3, -0.25) is 18.7 Å². The summed E-state index contributed by atoms with van der Waals surface area (Å²) in [6.07, 6.45) is 5.59. The molecule has 4 aromatic rings. The van der Waals surface area contributed by atoms with E-state index in [0.29, 0.717) is 23.5 Å². The summed E-state index contributed by atoms with van der Waals surface area (Å²) in [5, 5.41) is 0.856. The van der Waals surface area contributed by atoms with Gasteiger partial charge in [-0.2, -0.15) is 0 Å². The summed E-state index contributed by atoms with van der Waals surface area (Å²) in [4.78, 5) is 36.0. The number of pyridine rings is 1. The van der Waals surface area contributed by atoms with Gasteiger partial charge in [0.1, 0.15) is 5.82 Å². The molecule has 0 aliphatic rings. The van der Waals surface area contributed by atoms with Crippen molar-refractivity contribution in [3.8, 4) is 0 Å². The summed E-state index contributed by atoms with van der Waals surface area (Å²) in [6.45, 7) is 2.60. The van der Waals surface area contributed by atoms with E-state index in [4.69, 9.17) is 0 Å². The number of nitrogens with zero attached hydrogens (tertiary/aromatic N) is 5. The average Bonchev–Trinajstić information content (AvgIpc) is 3.21. The molecule has 4 heterocycles. The van der Waals surface area contributed by atoms with E-state index in [2.05, 4.69) is 21.9 Å². The second-order valence-corrected chi connectivity index (χ2v) is 7.29. The first-order chi connectivity index (χ1) is 13.1. The molecule has 0 aliphatic heterocycles. The van der Waals surface area contributed by atoms with Gasteiger partial charge in [0, 0.05) is 19.8 Å². The SMILES string of the molecule is CCCCn1c(=O)[nH]c(=O)c2c1nc(CSc1ncc3ccccn13)n2C. The highest BCUT2D eigenvalue weighted by Gasteiger charge is 2.17. The standard InChI is InChI=1S/C18H20N6O2S/c1-3-4-8-24-15-14(16(25)21-17(24)26)22(2)13(20-15)11-27-18-19-10-12-7-5-6-9-23(12)18/h5-7,9-10H,3-4,8,11H2,1-2H3,(H,21,25,26). The third-order valence-corrected chi connectivity index (χ3v) is 5.54. The third-order valence-electron chi connectivity index (χ3n) is 4.58. The zero-order valence-corrected chi connectivity index (χ0v) is 16.0. The number of unbranched alkanes of at least 4 members (excludes halogenated alkanes) is 1. The lowest BCUT2D eigenvalue weighted by Crippen LogP contribution is -2.31. The molecule has 0 bridgehead atoms. The van der Waals surface area contributed by atoms with Crippen molar-refractivity contribution in [1.82, 2.24) is 28.5 Å². The van der Waals surface area contributed by atoms with E-state index >= 15 is 0 Å². The Kier molecular flexibility index (Phi) is 4.61. The zero-order valence-electron chi connectivity index (χ0n) is 15.2. The van der Waals surface area contributed by atoms with Crippen LogP contribution in [0.4, 0.5) is 0 Å². The molecule has 0 amide bonds. The topological polar surface area (TPSA) is 90.0 Å². The summed E-state index contributed by atoms with van der Waals surface area (Å²) in [5.74, 6) is 1.27. The lowest BCUT2D eigenvalue weighted by molar-refractivity contribution is 0.613. The van der Waals surface area contributed by atoms with Crippen molar-refractivity contribution in [1.29, 1.82) is 0 Å². The summed E-state index contributed by atoms with van der Waals surface area (Å²) >= 11 is 1.54. The molecule has 9 heteroatoms. The van der Waals surface area contributed by atoms with Gasteiger partial charge in [-0.05, 0) is 18.6 Å². The quantitative estimate of drug-likeness (QED) is 0.515. The molecule has 0 atom stereocenters. The number of aromatic nitrogens is 6. The number of aromatic amines is 1. The molecule has 8 nitrogen and oxygen atoms in total. The van der Waals surface area contributed by atoms with E-state index in [-0.39, 0.29) is 0 Å². The highest BCUT2D eigenvalue weighted by atomic mass is 32.2. The van der Waals surface area contributed by atoms with Crippen LogP contribution >= 0.6 is 11.8 Å². The van der Waals surface area contributed by atoms with Crippen molar-refractivity contribution in [2.45, 2.75) is 37.2 Å². The van der Waals surface area contributed by atoms with Gasteiger partial charge >= 0.3 is 5.69 Å². The summed E-state index contributed by atoms with van der Waals surface area (Å²) < 4.78 is 5.33. The van der Waals surface area contributed by atoms with Gasteiger partial charge in [0.25, 0.3) is 5.56 Å². The lowest BCUT2D eigenvalue weighted by atomic mass is 10.3. The van der Waals surface area contributed by atoms with Gasteiger partial charge in [-0.15, -0.1) is 0 Å². The maximum absolute atomic E-state index is 12.3. The predicted molar refractivity (Wildman–Crippen MR) is 105 cm³/mol. The van der Waals surface area contributed by atoms with Crippen LogP contribution in [0.15, 0.2) is 45.3 Å². The van der Waals surface area contributed by atoms with Crippen molar-refractivity contribution in [3.05, 3.63) is 57.3 Å². The third kappa shape index (κ3) is 3.08. The number of hydrogen-bond donors (Lipinski definition) is 1. The van der Waals surface area contributed by atoms with E-state index in [1.807, 2.05) is 35.0 Å². The van der Waals surface area contributed by atoms with Crippen LogP contribution in [-0.4, -0.2) is 28.5 Å². The highest BCUT2D eigenvalue weighted by molar-refractivity contribution is 7.98. The molecule has 27 heavy (non-hydrogen) atoms. The molecule has 0 saturated carbocycles. The second kappa shape index (κ2) is 7.07. The first-order valence-corrected chi connectivity index (χ1v) is 9.82. The fourth-order valence-electron chi connectivity index (χ4n) is 3.10. The van der Waals surface area contributed by atoms with Crippen molar-refractivity contribution >= 4 is 28.4 Å². The van der Waals surface area contributed by atoms with Crippen LogP contribution in [0.1, 0.15) is 25.6 Å². The first-order valence-electron chi connectivity index (χ1n) is 8.83. The van der Waals surface area contributed by atoms with E-state index in [0.717, 1.165) is 29.3 Å². The summed E-state index contributed by atoms with van der Waals surface area (Å²) in [7, 11) is 1.80. The molecule has 0 radical (unpaired) electrons. The molecule has 1 N–H and O–H groups in total. The van der Waals surface area contributed by atoms with Crippen LogP contribution in [0.2, 0.25) is 0 Å². The smallest absolute Gasteiger partial charge is 0.325 e. The number of H-pyrrole nitrogens is 1. The maximum Gasteiger partial charge on any atom is 0.330 e. The molecular formula is C18H20N6O2S. The second-order valence-electron chi connectivity index (χ2n) is 6.35. The highest BCUT2D eigenvalue weighted by Crippen LogP contribution is 2.23. The first kappa shape index (κ1) is 17.6. The largest absolute Gasteiger partial charge is 0.330 e. The van der Waals surface area contributed by atoms with Crippen molar-refractivity contribution in [2.24, 2.45) is 7.05 Å². The van der Waals surface area contributed by atoms with Crippen LogP contribution in [-0.2, 0) is 19.3 Å². The molecule has 0 aliphatic carbocycles. The van der Waals surface area contributed by atoms with Gasteiger partial charge < -0.3 is 4.57 Å². The van der Waals surface area contributed by atoms with Gasteiger partial charge in [-0.25, -0.2) is 14.8 Å². The summed E-state index contributed by atoms with van der Waals surface area (Å²) in [5.41, 5.74) is 1.09. The number of aryl methyl sites for hydroxylation is 2. The molecule has 0 spiro atoms. The normalized spacial score (nSPS) is 11.6. The van der Waals surface area contributed by atoms with E-state index < -0.39 is 11.2 Å². The fourth-order valence-corrected chi connectivity index (χ4v) is 4.05. The van der Waals surface area contributed by atoms with E-state index in [1.54, 1.807) is 27.9 Å². The molecule has 0 saturated heterocycles. The van der Waals surface area contributed by atoms with Gasteiger partial charge in [0.05, 0.1) is 17.5 Å². The fraction of sp³-hybridized carbons (Fsp3) is 0.333. The van der Waals surface area contributed by atoms with Crippen molar-refractivity contribution < 1.29 is 0 Å². The minimum Gasteiger partial charge on any atom is -0.325 e. The summed E-state index contributed by atoms with van der Waals surface area (Å²) in [6, 6.07) is 5.93. The van der Waals surface area contributed by atoms with Crippen LogP contribution in [0.5, 0.6) is 0 Å². The van der Waals surface area contributed by atoms with Gasteiger partial charge in [0.2, 0.25) is 0 Å². The van der Waals surface area contributed by atoms with Gasteiger partial charge in [0.15, 0.2) is 16.3 Å². The minimum atomic E-state index is -0.405. The van der Waals surface area contributed by atoms with Crippen LogP contribution < -0.4 is 11.2 Å². The number of thioether (sulfide) groups is 1. The van der Waals surface area contributed by atoms with Crippen LogP contribution in [0, 0.1) is 0 Å². The van der Waals surface area contributed by atoms with E-state index in [9.17, 15) is 9.59 Å². The molecule has 4 rings (SSSR count). The lowest BCUT2D eigenvalue weighted by Gasteiger charge is -2.04. The van der Waals surface area contributed by atoms with Crippen molar-refractivity contribution in [3.63, 3.8) is 0 Å². The Labute approximate surface area is 158 Å². The molecule has 0 unspecified atom stereocenters. The number of hydrogen-bond acceptors (Lipinski definition) is 5. The number of imidazole rings is 2. The maximum atomic E-state index is 12.3. The van der Waals surface area contributed by atoms with Crippen LogP contribution in [0.25, 0.3) is 16.7 Å². The van der Waals surface area contributed by atoms with Gasteiger partial charge in [-0.1, -0.05) is 31.2 Å². The Morgan fingerprint density at radius 3 is 2.93 bits per heavy atom. The van der Waals surface area contributed by atoms with E-state index in [1.165, 1.54) is 0 Å². The monoisotopic (exact) mass is 384 g/mol. The minimum absolute atomic E-state index is 0.403. The Morgan fingerprint density at radius 2 is 2.11 bits per heavy atom. The molecule has 140 valence electrons. The number of nitrogens with one attached hydrogen (secondary N) is 1. The Balaban J connectivity index is 1.72. The Hall–Kier alpha value is -2.81. The predicted octanol–water partition coefficient (Wildman–Crippen LogP) is 2.16. The van der Waals surface area contributed by atoms with Crippen LogP contribution in [0.3, 0.4) is 0 Å².